The molecule has 1 heterocycles. The van der Waals surface area contributed by atoms with Gasteiger partial charge in [-0.2, -0.15) is 0 Å². The van der Waals surface area contributed by atoms with Crippen LogP contribution < -0.4 is 10.1 Å². The molecule has 13 heavy (non-hydrogen) atoms. The van der Waals surface area contributed by atoms with Gasteiger partial charge in [-0.3, -0.25) is 4.99 Å². The molecule has 0 amide bonds. The monoisotopic (exact) mass is 176 g/mol. The van der Waals surface area contributed by atoms with Crippen molar-refractivity contribution in [3.8, 4) is 5.75 Å². The maximum atomic E-state index is 5.11. The zero-order valence-electron chi connectivity index (χ0n) is 7.74. The second kappa shape index (κ2) is 3.09. The van der Waals surface area contributed by atoms with Crippen molar-refractivity contribution in [2.75, 3.05) is 12.4 Å². The first kappa shape index (κ1) is 8.10. The van der Waals surface area contributed by atoms with Crippen LogP contribution in [0.5, 0.6) is 5.75 Å². The molecule has 3 nitrogen and oxygen atoms in total. The third-order valence-electron chi connectivity index (χ3n) is 2.03. The lowest BCUT2D eigenvalue weighted by atomic mass is 10.2. The van der Waals surface area contributed by atoms with Gasteiger partial charge >= 0.3 is 0 Å². The number of hydrogen-bond donors (Lipinski definition) is 1. The van der Waals surface area contributed by atoms with E-state index in [9.17, 15) is 0 Å². The fraction of sp³-hybridized carbons (Fsp3) is 0.300. The lowest BCUT2D eigenvalue weighted by Crippen LogP contribution is -2.19. The van der Waals surface area contributed by atoms with E-state index in [-0.39, 0.29) is 0 Å². The van der Waals surface area contributed by atoms with Gasteiger partial charge in [-0.05, 0) is 19.1 Å². The van der Waals surface area contributed by atoms with Crippen molar-refractivity contribution < 1.29 is 4.74 Å². The van der Waals surface area contributed by atoms with Crippen LogP contribution in [-0.2, 0) is 0 Å². The van der Waals surface area contributed by atoms with Crippen molar-refractivity contribution in [3.63, 3.8) is 0 Å². The van der Waals surface area contributed by atoms with Crippen LogP contribution in [0.15, 0.2) is 23.2 Å². The predicted molar refractivity (Wildman–Crippen MR) is 54.2 cm³/mol. The Morgan fingerprint density at radius 2 is 2.31 bits per heavy atom. The predicted octanol–water partition coefficient (Wildman–Crippen LogP) is 2.21. The summed E-state index contributed by atoms with van der Waals surface area (Å²) in [6.45, 7) is 2.07. The summed E-state index contributed by atoms with van der Waals surface area (Å²) in [7, 11) is 1.66. The first-order chi connectivity index (χ1) is 6.29. The summed E-state index contributed by atoms with van der Waals surface area (Å²) in [5.41, 5.74) is 2.01. The number of aliphatic imine (C=N–C) groups is 1. The highest BCUT2D eigenvalue weighted by molar-refractivity contribution is 5.83. The average molecular weight is 176 g/mol. The van der Waals surface area contributed by atoms with E-state index in [2.05, 4.69) is 17.2 Å². The van der Waals surface area contributed by atoms with Crippen LogP contribution in [0, 0.1) is 0 Å². The number of ether oxygens (including phenoxy) is 1. The van der Waals surface area contributed by atoms with Crippen LogP contribution in [0.25, 0.3) is 0 Å². The second-order valence-electron chi connectivity index (χ2n) is 3.09. The van der Waals surface area contributed by atoms with Gasteiger partial charge in [0.05, 0.1) is 24.5 Å². The smallest absolute Gasteiger partial charge is 0.121 e. The van der Waals surface area contributed by atoms with Crippen molar-refractivity contribution in [1.29, 1.82) is 0 Å². The molecule has 0 aromatic heterocycles. The van der Waals surface area contributed by atoms with Gasteiger partial charge in [-0.15, -0.1) is 0 Å². The second-order valence-corrected chi connectivity index (χ2v) is 3.09. The minimum atomic E-state index is 0.306. The first-order valence-corrected chi connectivity index (χ1v) is 4.28. The van der Waals surface area contributed by atoms with Gasteiger partial charge in [0.15, 0.2) is 0 Å². The first-order valence-electron chi connectivity index (χ1n) is 4.28. The molecule has 2 rings (SSSR count). The molecule has 0 saturated heterocycles. The van der Waals surface area contributed by atoms with E-state index in [1.54, 1.807) is 7.11 Å². The van der Waals surface area contributed by atoms with E-state index in [0.717, 1.165) is 17.1 Å². The Kier molecular flexibility index (Phi) is 1.93. The molecule has 1 aromatic carbocycles. The SMILES string of the molecule is COc1ccc2c(c1)N=CC(C)N2. The Morgan fingerprint density at radius 3 is 3.08 bits per heavy atom. The molecule has 1 aromatic rings. The Hall–Kier alpha value is -1.51. The summed E-state index contributed by atoms with van der Waals surface area (Å²) >= 11 is 0. The molecule has 0 bridgehead atoms. The molecule has 1 aliphatic rings. The molecular weight excluding hydrogens is 164 g/mol. The number of rotatable bonds is 1. The van der Waals surface area contributed by atoms with E-state index in [1.165, 1.54) is 0 Å². The van der Waals surface area contributed by atoms with Crippen LogP contribution in [0.2, 0.25) is 0 Å². The molecule has 68 valence electrons. The normalized spacial score (nSPS) is 19.1. The number of hydrogen-bond acceptors (Lipinski definition) is 3. The van der Waals surface area contributed by atoms with Crippen LogP contribution >= 0.6 is 0 Å². The Bertz CT molecular complexity index is 347. The third kappa shape index (κ3) is 1.49. The Labute approximate surface area is 77.4 Å². The molecule has 1 aliphatic heterocycles. The van der Waals surface area contributed by atoms with Gasteiger partial charge in [0.2, 0.25) is 0 Å². The molecule has 1 unspecified atom stereocenters. The largest absolute Gasteiger partial charge is 0.497 e. The Morgan fingerprint density at radius 1 is 1.46 bits per heavy atom. The molecule has 0 radical (unpaired) electrons. The topological polar surface area (TPSA) is 33.6 Å². The molecule has 0 spiro atoms. The highest BCUT2D eigenvalue weighted by Gasteiger charge is 2.09. The number of nitrogens with one attached hydrogen (secondary N) is 1. The zero-order chi connectivity index (χ0) is 9.26. The molecule has 1 N–H and O–H groups in total. The highest BCUT2D eigenvalue weighted by atomic mass is 16.5. The van der Waals surface area contributed by atoms with E-state index in [1.807, 2.05) is 24.4 Å². The minimum Gasteiger partial charge on any atom is -0.497 e. The molecule has 0 saturated carbocycles. The summed E-state index contributed by atoms with van der Waals surface area (Å²) in [6.07, 6.45) is 1.89. The minimum absolute atomic E-state index is 0.306. The van der Waals surface area contributed by atoms with Crippen LogP contribution in [0.4, 0.5) is 11.4 Å². The fourth-order valence-corrected chi connectivity index (χ4v) is 1.34. The van der Waals surface area contributed by atoms with Gasteiger partial charge in [-0.1, -0.05) is 0 Å². The van der Waals surface area contributed by atoms with Crippen molar-refractivity contribution in [2.24, 2.45) is 4.99 Å². The van der Waals surface area contributed by atoms with Crippen molar-refractivity contribution >= 4 is 17.6 Å². The number of fused-ring (bicyclic) bond motifs is 1. The third-order valence-corrected chi connectivity index (χ3v) is 2.03. The highest BCUT2D eigenvalue weighted by Crippen LogP contribution is 2.31. The summed E-state index contributed by atoms with van der Waals surface area (Å²) in [5, 5.41) is 3.31. The maximum Gasteiger partial charge on any atom is 0.121 e. The fourth-order valence-electron chi connectivity index (χ4n) is 1.34. The lowest BCUT2D eigenvalue weighted by molar-refractivity contribution is 0.415. The van der Waals surface area contributed by atoms with Crippen molar-refractivity contribution in [1.82, 2.24) is 0 Å². The van der Waals surface area contributed by atoms with Gasteiger partial charge in [-0.25, -0.2) is 0 Å². The van der Waals surface area contributed by atoms with Gasteiger partial charge in [0, 0.05) is 12.3 Å². The molecule has 0 fully saturated rings. The lowest BCUT2D eigenvalue weighted by Gasteiger charge is -2.18. The van der Waals surface area contributed by atoms with E-state index in [4.69, 9.17) is 4.74 Å². The molecule has 0 aliphatic carbocycles. The van der Waals surface area contributed by atoms with Crippen molar-refractivity contribution in [3.05, 3.63) is 18.2 Å². The molecular formula is C10H12N2O. The zero-order valence-corrected chi connectivity index (χ0v) is 7.74. The number of methoxy groups -OCH3 is 1. The number of benzene rings is 1. The quantitative estimate of drug-likeness (QED) is 0.711. The van der Waals surface area contributed by atoms with Crippen LogP contribution in [0.1, 0.15) is 6.92 Å². The van der Waals surface area contributed by atoms with E-state index >= 15 is 0 Å². The van der Waals surface area contributed by atoms with Crippen molar-refractivity contribution in [2.45, 2.75) is 13.0 Å². The summed E-state index contributed by atoms with van der Waals surface area (Å²) in [6, 6.07) is 6.14. The standard InChI is InChI=1S/C10H12N2O/c1-7-6-11-10-5-8(13-2)3-4-9(10)12-7/h3-7,12H,1-2H3. The number of anilines is 1. The van der Waals surface area contributed by atoms with Crippen LogP contribution in [-0.4, -0.2) is 19.4 Å². The average Bonchev–Trinajstić information content (AvgIpc) is 2.17. The molecule has 3 heteroatoms. The summed E-state index contributed by atoms with van der Waals surface area (Å²) < 4.78 is 5.11. The summed E-state index contributed by atoms with van der Waals surface area (Å²) in [4.78, 5) is 4.32. The maximum absolute atomic E-state index is 5.11. The Balaban J connectivity index is 2.40. The van der Waals surface area contributed by atoms with E-state index in [0.29, 0.717) is 6.04 Å². The van der Waals surface area contributed by atoms with Crippen LogP contribution in [0.3, 0.4) is 0 Å². The summed E-state index contributed by atoms with van der Waals surface area (Å²) in [5.74, 6) is 0.840. The van der Waals surface area contributed by atoms with Gasteiger partial charge in [0.25, 0.3) is 0 Å². The molecule has 1 atom stereocenters. The van der Waals surface area contributed by atoms with E-state index < -0.39 is 0 Å². The van der Waals surface area contributed by atoms with Gasteiger partial charge in [0.1, 0.15) is 5.75 Å². The number of nitrogens with zero attached hydrogens (tertiary/aromatic N) is 1. The van der Waals surface area contributed by atoms with Gasteiger partial charge < -0.3 is 10.1 Å².